The van der Waals surface area contributed by atoms with Gasteiger partial charge in [-0.2, -0.15) is 0 Å². The van der Waals surface area contributed by atoms with Gasteiger partial charge in [0.15, 0.2) is 0 Å². The van der Waals surface area contributed by atoms with E-state index < -0.39 is 12.0 Å². The number of carboxylic acid groups (broad SMARTS) is 1. The number of carboxylic acids is 1. The number of pyridine rings is 1. The molecule has 0 aliphatic heterocycles. The van der Waals surface area contributed by atoms with Crippen molar-refractivity contribution >= 4 is 5.97 Å². The van der Waals surface area contributed by atoms with Crippen molar-refractivity contribution in [1.82, 2.24) is 10.3 Å². The average Bonchev–Trinajstić information content (AvgIpc) is 2.52. The van der Waals surface area contributed by atoms with Gasteiger partial charge in [-0.15, -0.1) is 0 Å². The maximum absolute atomic E-state index is 11.1. The van der Waals surface area contributed by atoms with Crippen LogP contribution in [-0.4, -0.2) is 22.1 Å². The Labute approximate surface area is 124 Å². The minimum absolute atomic E-state index is 0.489. The molecule has 0 fully saturated rings. The quantitative estimate of drug-likeness (QED) is 0.820. The highest BCUT2D eigenvalue weighted by Gasteiger charge is 2.15. The molecule has 21 heavy (non-hydrogen) atoms. The molecule has 0 aliphatic rings. The van der Waals surface area contributed by atoms with Crippen LogP contribution in [0.5, 0.6) is 0 Å². The third-order valence-electron chi connectivity index (χ3n) is 3.35. The molecule has 1 aromatic heterocycles. The molecular weight excluding hydrogens is 264 g/mol. The molecule has 0 spiro atoms. The fraction of sp³-hybridized carbons (Fsp3) is 0.294. The normalized spacial score (nSPS) is 12.0. The number of nitrogens with zero attached hydrogens (tertiary/aromatic N) is 1. The van der Waals surface area contributed by atoms with Crippen molar-refractivity contribution in [2.45, 2.75) is 32.4 Å². The molecule has 0 amide bonds. The van der Waals surface area contributed by atoms with Gasteiger partial charge in [0.1, 0.15) is 6.04 Å². The molecule has 2 N–H and O–H groups in total. The molecule has 1 heterocycles. The molecule has 0 bridgehead atoms. The monoisotopic (exact) mass is 284 g/mol. The summed E-state index contributed by atoms with van der Waals surface area (Å²) in [6.45, 7) is 2.53. The smallest absolute Gasteiger partial charge is 0.320 e. The standard InChI is InChI=1S/C17H20N2O2/c1-2-5-16(17(20)21)19-11-13-6-3-7-14(10-13)15-8-4-9-18-12-15/h3-4,6-10,12,16,19H,2,5,11H2,1H3,(H,20,21). The number of carbonyl (C=O) groups is 1. The van der Waals surface area contributed by atoms with E-state index in [9.17, 15) is 4.79 Å². The van der Waals surface area contributed by atoms with Crippen molar-refractivity contribution in [3.8, 4) is 11.1 Å². The molecular formula is C17H20N2O2. The molecule has 1 unspecified atom stereocenters. The van der Waals surface area contributed by atoms with Crippen LogP contribution < -0.4 is 5.32 Å². The van der Waals surface area contributed by atoms with E-state index >= 15 is 0 Å². The molecule has 110 valence electrons. The van der Waals surface area contributed by atoms with Gasteiger partial charge in [-0.25, -0.2) is 0 Å². The summed E-state index contributed by atoms with van der Waals surface area (Å²) in [7, 11) is 0. The Hall–Kier alpha value is -2.20. The number of aromatic nitrogens is 1. The summed E-state index contributed by atoms with van der Waals surface area (Å²) in [6, 6.07) is 11.5. The fourth-order valence-electron chi connectivity index (χ4n) is 2.24. The van der Waals surface area contributed by atoms with Crippen molar-refractivity contribution in [3.63, 3.8) is 0 Å². The number of benzene rings is 1. The zero-order chi connectivity index (χ0) is 15.1. The van der Waals surface area contributed by atoms with Gasteiger partial charge in [-0.1, -0.05) is 37.6 Å². The van der Waals surface area contributed by atoms with Gasteiger partial charge in [-0.3, -0.25) is 9.78 Å². The van der Waals surface area contributed by atoms with E-state index in [0.717, 1.165) is 23.1 Å². The summed E-state index contributed by atoms with van der Waals surface area (Å²) in [6.07, 6.45) is 5.05. The lowest BCUT2D eigenvalue weighted by Gasteiger charge is -2.14. The lowest BCUT2D eigenvalue weighted by Crippen LogP contribution is -2.35. The zero-order valence-corrected chi connectivity index (χ0v) is 12.1. The van der Waals surface area contributed by atoms with Gasteiger partial charge >= 0.3 is 5.97 Å². The number of aliphatic carboxylic acids is 1. The largest absolute Gasteiger partial charge is 0.480 e. The van der Waals surface area contributed by atoms with Crippen LogP contribution in [0.25, 0.3) is 11.1 Å². The molecule has 0 radical (unpaired) electrons. The van der Waals surface area contributed by atoms with Crippen LogP contribution in [0.4, 0.5) is 0 Å². The third-order valence-corrected chi connectivity index (χ3v) is 3.35. The van der Waals surface area contributed by atoms with Crippen molar-refractivity contribution in [2.24, 2.45) is 0 Å². The first-order valence-electron chi connectivity index (χ1n) is 7.16. The van der Waals surface area contributed by atoms with Crippen molar-refractivity contribution in [2.75, 3.05) is 0 Å². The minimum Gasteiger partial charge on any atom is -0.480 e. The predicted molar refractivity (Wildman–Crippen MR) is 82.8 cm³/mol. The van der Waals surface area contributed by atoms with E-state index in [-0.39, 0.29) is 0 Å². The van der Waals surface area contributed by atoms with E-state index in [0.29, 0.717) is 13.0 Å². The van der Waals surface area contributed by atoms with Crippen LogP contribution in [0.1, 0.15) is 25.3 Å². The Morgan fingerprint density at radius 1 is 1.29 bits per heavy atom. The average molecular weight is 284 g/mol. The summed E-state index contributed by atoms with van der Waals surface area (Å²) in [5, 5.41) is 12.2. The van der Waals surface area contributed by atoms with Crippen LogP contribution in [0, 0.1) is 0 Å². The Balaban J connectivity index is 2.06. The molecule has 2 rings (SSSR count). The van der Waals surface area contributed by atoms with Crippen molar-refractivity contribution in [1.29, 1.82) is 0 Å². The highest BCUT2D eigenvalue weighted by Crippen LogP contribution is 2.19. The van der Waals surface area contributed by atoms with Crippen LogP contribution in [0.3, 0.4) is 0 Å². The van der Waals surface area contributed by atoms with Crippen molar-refractivity contribution in [3.05, 3.63) is 54.4 Å². The second-order valence-corrected chi connectivity index (χ2v) is 5.00. The van der Waals surface area contributed by atoms with Gasteiger partial charge in [0.05, 0.1) is 0 Å². The SMILES string of the molecule is CCCC(NCc1cccc(-c2cccnc2)c1)C(=O)O. The van der Waals surface area contributed by atoms with Crippen LogP contribution in [0.2, 0.25) is 0 Å². The van der Waals surface area contributed by atoms with Crippen LogP contribution >= 0.6 is 0 Å². The molecule has 0 aliphatic carbocycles. The molecule has 4 heteroatoms. The molecule has 0 saturated carbocycles. The van der Waals surface area contributed by atoms with Gasteiger partial charge in [-0.05, 0) is 35.2 Å². The van der Waals surface area contributed by atoms with Crippen LogP contribution in [0.15, 0.2) is 48.8 Å². The summed E-state index contributed by atoms with van der Waals surface area (Å²) >= 11 is 0. The Morgan fingerprint density at radius 3 is 2.76 bits per heavy atom. The first-order chi connectivity index (χ1) is 10.2. The Morgan fingerprint density at radius 2 is 2.10 bits per heavy atom. The topological polar surface area (TPSA) is 62.2 Å². The van der Waals surface area contributed by atoms with E-state index in [4.69, 9.17) is 5.11 Å². The number of rotatable bonds is 7. The lowest BCUT2D eigenvalue weighted by atomic mass is 10.0. The van der Waals surface area contributed by atoms with E-state index in [1.165, 1.54) is 0 Å². The number of nitrogens with one attached hydrogen (secondary N) is 1. The first kappa shape index (κ1) is 15.2. The van der Waals surface area contributed by atoms with Gasteiger partial charge in [0.2, 0.25) is 0 Å². The van der Waals surface area contributed by atoms with Gasteiger partial charge < -0.3 is 10.4 Å². The first-order valence-corrected chi connectivity index (χ1v) is 7.16. The molecule has 4 nitrogen and oxygen atoms in total. The minimum atomic E-state index is -0.791. The van der Waals surface area contributed by atoms with Gasteiger partial charge in [0, 0.05) is 18.9 Å². The molecule has 1 aromatic carbocycles. The number of hydrogen-bond donors (Lipinski definition) is 2. The Bertz CT molecular complexity index is 584. The predicted octanol–water partition coefficient (Wildman–Crippen LogP) is 3.09. The fourth-order valence-corrected chi connectivity index (χ4v) is 2.24. The van der Waals surface area contributed by atoms with Crippen LogP contribution in [-0.2, 0) is 11.3 Å². The van der Waals surface area contributed by atoms with Gasteiger partial charge in [0.25, 0.3) is 0 Å². The third kappa shape index (κ3) is 4.39. The van der Waals surface area contributed by atoms with E-state index in [2.05, 4.69) is 16.4 Å². The molecule has 2 aromatic rings. The highest BCUT2D eigenvalue weighted by atomic mass is 16.4. The molecule has 1 atom stereocenters. The Kier molecular flexibility index (Phi) is 5.46. The maximum atomic E-state index is 11.1. The second kappa shape index (κ2) is 7.55. The summed E-state index contributed by atoms with van der Waals surface area (Å²) in [5.41, 5.74) is 3.21. The summed E-state index contributed by atoms with van der Waals surface area (Å²) < 4.78 is 0. The maximum Gasteiger partial charge on any atom is 0.320 e. The zero-order valence-electron chi connectivity index (χ0n) is 12.1. The summed E-state index contributed by atoms with van der Waals surface area (Å²) in [4.78, 5) is 15.2. The number of hydrogen-bond acceptors (Lipinski definition) is 3. The lowest BCUT2D eigenvalue weighted by molar-refractivity contribution is -0.139. The van der Waals surface area contributed by atoms with Crippen molar-refractivity contribution < 1.29 is 9.90 Å². The molecule has 0 saturated heterocycles. The van der Waals surface area contributed by atoms with E-state index in [1.54, 1.807) is 6.20 Å². The second-order valence-electron chi connectivity index (χ2n) is 5.00. The highest BCUT2D eigenvalue weighted by molar-refractivity contribution is 5.73. The summed E-state index contributed by atoms with van der Waals surface area (Å²) in [5.74, 6) is -0.791. The van der Waals surface area contributed by atoms with E-state index in [1.807, 2.05) is 43.5 Å².